The predicted octanol–water partition coefficient (Wildman–Crippen LogP) is 0.234. The molecule has 2 aliphatic rings. The molecule has 100 valence electrons. The van der Waals surface area contributed by atoms with E-state index in [2.05, 4.69) is 21.6 Å². The second-order valence-corrected chi connectivity index (χ2v) is 5.33. The zero-order chi connectivity index (χ0) is 12.8. The first-order valence-electron chi connectivity index (χ1n) is 6.89. The zero-order valence-corrected chi connectivity index (χ0v) is 10.9. The summed E-state index contributed by atoms with van der Waals surface area (Å²) in [7, 11) is 0. The number of piperazine rings is 1. The van der Waals surface area contributed by atoms with Crippen LogP contribution in [0.25, 0.3) is 0 Å². The Bertz CT molecular complexity index is 324. The molecule has 0 unspecified atom stereocenters. The third-order valence-corrected chi connectivity index (χ3v) is 3.88. The molecule has 1 saturated carbocycles. The van der Waals surface area contributed by atoms with Crippen LogP contribution in [-0.4, -0.2) is 49.1 Å². The van der Waals surface area contributed by atoms with E-state index in [9.17, 15) is 10.1 Å². The summed E-state index contributed by atoms with van der Waals surface area (Å²) in [4.78, 5) is 14.2. The van der Waals surface area contributed by atoms with Crippen LogP contribution in [0.4, 0.5) is 0 Å². The maximum absolute atomic E-state index is 12.0. The molecule has 1 amide bonds. The Morgan fingerprint density at radius 3 is 2.56 bits per heavy atom. The van der Waals surface area contributed by atoms with Gasteiger partial charge < -0.3 is 10.6 Å². The number of nitriles is 1. The monoisotopic (exact) mass is 250 g/mol. The van der Waals surface area contributed by atoms with Crippen molar-refractivity contribution in [2.75, 3.05) is 32.7 Å². The van der Waals surface area contributed by atoms with Gasteiger partial charge in [-0.15, -0.1) is 0 Å². The molecule has 18 heavy (non-hydrogen) atoms. The molecular weight excluding hydrogens is 228 g/mol. The standard InChI is InChI=1S/C13H22N4O/c14-11-13(4-2-1-3-5-13)16-12(18)10-17-8-6-15-7-9-17/h15H,1-10H2,(H,16,18). The lowest BCUT2D eigenvalue weighted by atomic mass is 9.83. The summed E-state index contributed by atoms with van der Waals surface area (Å²) in [6, 6.07) is 2.32. The van der Waals surface area contributed by atoms with Crippen molar-refractivity contribution in [2.24, 2.45) is 0 Å². The highest BCUT2D eigenvalue weighted by molar-refractivity contribution is 5.79. The topological polar surface area (TPSA) is 68.2 Å². The van der Waals surface area contributed by atoms with E-state index in [0.29, 0.717) is 6.54 Å². The van der Waals surface area contributed by atoms with Gasteiger partial charge >= 0.3 is 0 Å². The fraction of sp³-hybridized carbons (Fsp3) is 0.846. The third-order valence-electron chi connectivity index (χ3n) is 3.88. The minimum Gasteiger partial charge on any atom is -0.337 e. The number of carbonyl (C=O) groups excluding carboxylic acids is 1. The van der Waals surface area contributed by atoms with Gasteiger partial charge in [0.25, 0.3) is 0 Å². The van der Waals surface area contributed by atoms with Crippen molar-refractivity contribution in [1.29, 1.82) is 5.26 Å². The molecule has 1 aliphatic carbocycles. The van der Waals surface area contributed by atoms with E-state index in [-0.39, 0.29) is 5.91 Å². The molecule has 2 fully saturated rings. The van der Waals surface area contributed by atoms with E-state index < -0.39 is 5.54 Å². The molecule has 1 aliphatic heterocycles. The second-order valence-electron chi connectivity index (χ2n) is 5.33. The first kappa shape index (κ1) is 13.3. The van der Waals surface area contributed by atoms with Crippen molar-refractivity contribution < 1.29 is 4.79 Å². The highest BCUT2D eigenvalue weighted by Crippen LogP contribution is 2.27. The van der Waals surface area contributed by atoms with Crippen LogP contribution in [-0.2, 0) is 4.79 Å². The summed E-state index contributed by atoms with van der Waals surface area (Å²) in [5.41, 5.74) is -0.594. The number of rotatable bonds is 3. The number of hydrogen-bond donors (Lipinski definition) is 2. The van der Waals surface area contributed by atoms with Crippen molar-refractivity contribution in [3.63, 3.8) is 0 Å². The summed E-state index contributed by atoms with van der Waals surface area (Å²) < 4.78 is 0. The van der Waals surface area contributed by atoms with Crippen LogP contribution in [0.1, 0.15) is 32.1 Å². The SMILES string of the molecule is N#CC1(NC(=O)CN2CCNCC2)CCCCC1. The smallest absolute Gasteiger partial charge is 0.235 e. The van der Waals surface area contributed by atoms with Gasteiger partial charge in [-0.3, -0.25) is 9.69 Å². The molecule has 0 aromatic heterocycles. The molecular formula is C13H22N4O. The van der Waals surface area contributed by atoms with E-state index in [0.717, 1.165) is 51.9 Å². The van der Waals surface area contributed by atoms with Gasteiger partial charge in [-0.25, -0.2) is 0 Å². The van der Waals surface area contributed by atoms with E-state index in [1.165, 1.54) is 6.42 Å². The minimum absolute atomic E-state index is 0.000324. The van der Waals surface area contributed by atoms with Crippen molar-refractivity contribution in [3.8, 4) is 6.07 Å². The molecule has 0 atom stereocenters. The molecule has 2 N–H and O–H groups in total. The summed E-state index contributed by atoms with van der Waals surface area (Å²) >= 11 is 0. The fourth-order valence-corrected chi connectivity index (χ4v) is 2.80. The van der Waals surface area contributed by atoms with Crippen LogP contribution in [0.5, 0.6) is 0 Å². The first-order chi connectivity index (χ1) is 8.74. The highest BCUT2D eigenvalue weighted by atomic mass is 16.2. The van der Waals surface area contributed by atoms with Crippen LogP contribution in [0.3, 0.4) is 0 Å². The van der Waals surface area contributed by atoms with Gasteiger partial charge in [-0.2, -0.15) is 5.26 Å². The Hall–Kier alpha value is -1.12. The predicted molar refractivity (Wildman–Crippen MR) is 68.9 cm³/mol. The summed E-state index contributed by atoms with van der Waals surface area (Å²) in [6.07, 6.45) is 4.87. The number of amides is 1. The van der Waals surface area contributed by atoms with Gasteiger partial charge in [0.15, 0.2) is 0 Å². The molecule has 5 heteroatoms. The Morgan fingerprint density at radius 1 is 1.28 bits per heavy atom. The van der Waals surface area contributed by atoms with Crippen LogP contribution < -0.4 is 10.6 Å². The molecule has 0 aromatic carbocycles. The minimum atomic E-state index is -0.594. The van der Waals surface area contributed by atoms with Gasteiger partial charge in [0.1, 0.15) is 5.54 Å². The quantitative estimate of drug-likeness (QED) is 0.752. The fourth-order valence-electron chi connectivity index (χ4n) is 2.80. The lowest BCUT2D eigenvalue weighted by Gasteiger charge is -2.33. The molecule has 0 spiro atoms. The Kier molecular flexibility index (Phi) is 4.56. The van der Waals surface area contributed by atoms with Crippen molar-refractivity contribution in [2.45, 2.75) is 37.6 Å². The summed E-state index contributed by atoms with van der Waals surface area (Å²) in [5, 5.41) is 15.5. The van der Waals surface area contributed by atoms with E-state index in [4.69, 9.17) is 0 Å². The largest absolute Gasteiger partial charge is 0.337 e. The van der Waals surface area contributed by atoms with Gasteiger partial charge in [-0.05, 0) is 12.8 Å². The number of carbonyl (C=O) groups is 1. The van der Waals surface area contributed by atoms with Gasteiger partial charge in [0.2, 0.25) is 5.91 Å². The molecule has 0 aromatic rings. The maximum atomic E-state index is 12.0. The Labute approximate surface area is 109 Å². The van der Waals surface area contributed by atoms with Gasteiger partial charge in [0.05, 0.1) is 12.6 Å². The van der Waals surface area contributed by atoms with Crippen molar-refractivity contribution >= 4 is 5.91 Å². The number of nitrogens with zero attached hydrogens (tertiary/aromatic N) is 2. The molecule has 2 rings (SSSR count). The van der Waals surface area contributed by atoms with E-state index in [1.54, 1.807) is 0 Å². The Morgan fingerprint density at radius 2 is 1.94 bits per heavy atom. The number of nitrogens with one attached hydrogen (secondary N) is 2. The Balaban J connectivity index is 1.83. The van der Waals surface area contributed by atoms with Gasteiger partial charge in [-0.1, -0.05) is 19.3 Å². The average Bonchev–Trinajstić information content (AvgIpc) is 2.41. The first-order valence-corrected chi connectivity index (χ1v) is 6.89. The van der Waals surface area contributed by atoms with E-state index >= 15 is 0 Å². The normalized spacial score (nSPS) is 24.2. The second kappa shape index (κ2) is 6.17. The number of hydrogen-bond acceptors (Lipinski definition) is 4. The summed E-state index contributed by atoms with van der Waals surface area (Å²) in [5.74, 6) is 0.000324. The molecule has 1 saturated heterocycles. The van der Waals surface area contributed by atoms with Crippen LogP contribution in [0, 0.1) is 11.3 Å². The molecule has 0 bridgehead atoms. The van der Waals surface area contributed by atoms with Gasteiger partial charge in [0, 0.05) is 26.2 Å². The average molecular weight is 250 g/mol. The van der Waals surface area contributed by atoms with Crippen LogP contribution in [0.2, 0.25) is 0 Å². The lowest BCUT2D eigenvalue weighted by molar-refractivity contribution is -0.124. The third kappa shape index (κ3) is 3.44. The van der Waals surface area contributed by atoms with Crippen molar-refractivity contribution in [1.82, 2.24) is 15.5 Å². The molecule has 0 radical (unpaired) electrons. The van der Waals surface area contributed by atoms with E-state index in [1.807, 2.05) is 0 Å². The van der Waals surface area contributed by atoms with Crippen molar-refractivity contribution in [3.05, 3.63) is 0 Å². The lowest BCUT2D eigenvalue weighted by Crippen LogP contribution is -2.53. The maximum Gasteiger partial charge on any atom is 0.235 e. The highest BCUT2D eigenvalue weighted by Gasteiger charge is 2.33. The zero-order valence-electron chi connectivity index (χ0n) is 10.9. The van der Waals surface area contributed by atoms with Crippen LogP contribution in [0.15, 0.2) is 0 Å². The molecule has 1 heterocycles. The molecule has 5 nitrogen and oxygen atoms in total. The van der Waals surface area contributed by atoms with Crippen LogP contribution >= 0.6 is 0 Å². The summed E-state index contributed by atoms with van der Waals surface area (Å²) in [6.45, 7) is 4.12.